The number of amides is 1. The Morgan fingerprint density at radius 2 is 1.55 bits per heavy atom. The van der Waals surface area contributed by atoms with E-state index >= 15 is 0 Å². The van der Waals surface area contributed by atoms with Gasteiger partial charge in [0.15, 0.2) is 6.61 Å². The summed E-state index contributed by atoms with van der Waals surface area (Å²) in [7, 11) is 3.16. The van der Waals surface area contributed by atoms with E-state index in [2.05, 4.69) is 0 Å². The van der Waals surface area contributed by atoms with Crippen molar-refractivity contribution in [1.82, 2.24) is 4.90 Å². The average molecular weight is 279 g/mol. The van der Waals surface area contributed by atoms with Crippen LogP contribution in [-0.2, 0) is 4.79 Å². The quantitative estimate of drug-likeness (QED) is 0.828. The van der Waals surface area contributed by atoms with Gasteiger partial charge in [0.25, 0.3) is 5.91 Å². The molecule has 0 unspecified atom stereocenters. The minimum Gasteiger partial charge on any atom is -0.496 e. The maximum absolute atomic E-state index is 12.0. The molecule has 5 heteroatoms. The van der Waals surface area contributed by atoms with Gasteiger partial charge in [0.1, 0.15) is 17.2 Å². The number of benzene rings is 1. The highest BCUT2D eigenvalue weighted by Gasteiger charge is 2.17. The average Bonchev–Trinajstić information content (AvgIpc) is 2.53. The lowest BCUT2D eigenvalue weighted by Gasteiger charge is -2.26. The van der Waals surface area contributed by atoms with E-state index in [1.165, 1.54) is 6.42 Å². The molecular weight excluding hydrogens is 258 g/mol. The molecule has 1 amide bonds. The minimum atomic E-state index is 0.0338. The number of carbonyl (C=O) groups is 1. The van der Waals surface area contributed by atoms with Crippen molar-refractivity contribution in [2.24, 2.45) is 0 Å². The summed E-state index contributed by atoms with van der Waals surface area (Å²) in [6.07, 6.45) is 3.37. The topological polar surface area (TPSA) is 48.0 Å². The van der Waals surface area contributed by atoms with Crippen LogP contribution in [0.3, 0.4) is 0 Å². The maximum atomic E-state index is 12.0. The van der Waals surface area contributed by atoms with Crippen LogP contribution in [0.5, 0.6) is 17.2 Å². The molecule has 0 N–H and O–H groups in total. The van der Waals surface area contributed by atoms with E-state index in [1.54, 1.807) is 32.4 Å². The number of likely N-dealkylation sites (tertiary alicyclic amines) is 1. The Labute approximate surface area is 119 Å². The zero-order valence-corrected chi connectivity index (χ0v) is 12.1. The Hall–Kier alpha value is -1.91. The fraction of sp³-hybridized carbons (Fsp3) is 0.533. The molecule has 20 heavy (non-hydrogen) atoms. The van der Waals surface area contributed by atoms with Crippen molar-refractivity contribution in [3.63, 3.8) is 0 Å². The number of hydrogen-bond donors (Lipinski definition) is 0. The van der Waals surface area contributed by atoms with Gasteiger partial charge in [0.05, 0.1) is 14.2 Å². The van der Waals surface area contributed by atoms with E-state index in [1.807, 2.05) is 4.90 Å². The summed E-state index contributed by atoms with van der Waals surface area (Å²) in [6, 6.07) is 5.25. The van der Waals surface area contributed by atoms with E-state index in [-0.39, 0.29) is 12.5 Å². The second-order valence-corrected chi connectivity index (χ2v) is 4.78. The van der Waals surface area contributed by atoms with E-state index < -0.39 is 0 Å². The zero-order chi connectivity index (χ0) is 14.4. The molecule has 0 aromatic heterocycles. The Morgan fingerprint density at radius 1 is 1.00 bits per heavy atom. The molecule has 1 aromatic rings. The Kier molecular flexibility index (Phi) is 5.09. The molecule has 0 bridgehead atoms. The van der Waals surface area contributed by atoms with Crippen molar-refractivity contribution in [3.05, 3.63) is 18.2 Å². The van der Waals surface area contributed by atoms with Crippen LogP contribution in [0.4, 0.5) is 0 Å². The smallest absolute Gasteiger partial charge is 0.260 e. The molecule has 0 atom stereocenters. The van der Waals surface area contributed by atoms with Gasteiger partial charge in [-0.3, -0.25) is 4.79 Å². The summed E-state index contributed by atoms with van der Waals surface area (Å²) in [5.74, 6) is 1.90. The van der Waals surface area contributed by atoms with Crippen LogP contribution in [0.15, 0.2) is 18.2 Å². The summed E-state index contributed by atoms with van der Waals surface area (Å²) >= 11 is 0. The first-order chi connectivity index (χ1) is 9.72. The maximum Gasteiger partial charge on any atom is 0.260 e. The van der Waals surface area contributed by atoms with Crippen LogP contribution >= 0.6 is 0 Å². The van der Waals surface area contributed by atoms with Crippen LogP contribution in [0.2, 0.25) is 0 Å². The van der Waals surface area contributed by atoms with Gasteiger partial charge in [0.2, 0.25) is 0 Å². The fourth-order valence-electron chi connectivity index (χ4n) is 2.24. The van der Waals surface area contributed by atoms with E-state index in [9.17, 15) is 4.79 Å². The first-order valence-corrected chi connectivity index (χ1v) is 6.86. The van der Waals surface area contributed by atoms with E-state index in [0.29, 0.717) is 17.2 Å². The lowest BCUT2D eigenvalue weighted by atomic mass is 10.1. The van der Waals surface area contributed by atoms with Gasteiger partial charge >= 0.3 is 0 Å². The van der Waals surface area contributed by atoms with Crippen LogP contribution in [-0.4, -0.2) is 44.7 Å². The predicted molar refractivity (Wildman–Crippen MR) is 75.5 cm³/mol. The second kappa shape index (κ2) is 7.03. The third-order valence-corrected chi connectivity index (χ3v) is 3.40. The molecule has 1 fully saturated rings. The highest BCUT2D eigenvalue weighted by atomic mass is 16.5. The first kappa shape index (κ1) is 14.5. The van der Waals surface area contributed by atoms with Gasteiger partial charge in [-0.1, -0.05) is 0 Å². The molecule has 110 valence electrons. The number of nitrogens with zero attached hydrogens (tertiary/aromatic N) is 1. The summed E-state index contributed by atoms with van der Waals surface area (Å²) in [5.41, 5.74) is 0. The van der Waals surface area contributed by atoms with Crippen LogP contribution < -0.4 is 14.2 Å². The van der Waals surface area contributed by atoms with E-state index in [0.717, 1.165) is 25.9 Å². The third kappa shape index (κ3) is 3.79. The molecule has 0 radical (unpaired) electrons. The predicted octanol–water partition coefficient (Wildman–Crippen LogP) is 2.10. The molecule has 1 heterocycles. The van der Waals surface area contributed by atoms with Gasteiger partial charge in [0, 0.05) is 31.3 Å². The highest BCUT2D eigenvalue weighted by Crippen LogP contribution is 2.27. The molecule has 1 aromatic carbocycles. The lowest BCUT2D eigenvalue weighted by molar-refractivity contribution is -0.134. The molecule has 1 aliphatic heterocycles. The largest absolute Gasteiger partial charge is 0.496 e. The van der Waals surface area contributed by atoms with Crippen molar-refractivity contribution < 1.29 is 19.0 Å². The Balaban J connectivity index is 1.94. The van der Waals surface area contributed by atoms with Gasteiger partial charge < -0.3 is 19.1 Å². The normalized spacial score (nSPS) is 14.8. The molecular formula is C15H21NO4. The van der Waals surface area contributed by atoms with Crippen LogP contribution in [0.1, 0.15) is 19.3 Å². The van der Waals surface area contributed by atoms with Crippen LogP contribution in [0, 0.1) is 0 Å². The molecule has 0 saturated carbocycles. The standard InChI is InChI=1S/C15H21NO4/c1-18-12-8-13(19-2)10-14(9-12)20-11-15(17)16-6-4-3-5-7-16/h8-10H,3-7,11H2,1-2H3. The number of hydrogen-bond acceptors (Lipinski definition) is 4. The molecule has 0 aliphatic carbocycles. The van der Waals surface area contributed by atoms with Crippen molar-refractivity contribution >= 4 is 5.91 Å². The van der Waals surface area contributed by atoms with Gasteiger partial charge in [-0.25, -0.2) is 0 Å². The molecule has 1 aliphatic rings. The van der Waals surface area contributed by atoms with E-state index in [4.69, 9.17) is 14.2 Å². The summed E-state index contributed by atoms with van der Waals surface area (Å²) in [6.45, 7) is 1.73. The number of carbonyl (C=O) groups excluding carboxylic acids is 1. The number of rotatable bonds is 5. The fourth-order valence-corrected chi connectivity index (χ4v) is 2.24. The summed E-state index contributed by atoms with van der Waals surface area (Å²) in [5, 5.41) is 0. The molecule has 1 saturated heterocycles. The van der Waals surface area contributed by atoms with Gasteiger partial charge in [-0.05, 0) is 19.3 Å². The van der Waals surface area contributed by atoms with Crippen molar-refractivity contribution in [2.75, 3.05) is 33.9 Å². The van der Waals surface area contributed by atoms with Crippen molar-refractivity contribution in [3.8, 4) is 17.2 Å². The SMILES string of the molecule is COc1cc(OC)cc(OCC(=O)N2CCCCC2)c1. The van der Waals surface area contributed by atoms with Crippen molar-refractivity contribution in [2.45, 2.75) is 19.3 Å². The number of piperidine rings is 1. The Bertz CT molecular complexity index is 433. The summed E-state index contributed by atoms with van der Waals surface area (Å²) in [4.78, 5) is 13.9. The number of methoxy groups -OCH3 is 2. The molecule has 2 rings (SSSR count). The monoisotopic (exact) mass is 279 g/mol. The third-order valence-electron chi connectivity index (χ3n) is 3.40. The van der Waals surface area contributed by atoms with Gasteiger partial charge in [-0.15, -0.1) is 0 Å². The molecule has 0 spiro atoms. The summed E-state index contributed by atoms with van der Waals surface area (Å²) < 4.78 is 15.9. The van der Waals surface area contributed by atoms with Crippen LogP contribution in [0.25, 0.3) is 0 Å². The highest BCUT2D eigenvalue weighted by molar-refractivity contribution is 5.77. The Morgan fingerprint density at radius 3 is 2.10 bits per heavy atom. The lowest BCUT2D eigenvalue weighted by Crippen LogP contribution is -2.38. The number of ether oxygens (including phenoxy) is 3. The zero-order valence-electron chi connectivity index (χ0n) is 12.1. The van der Waals surface area contributed by atoms with Gasteiger partial charge in [-0.2, -0.15) is 0 Å². The van der Waals surface area contributed by atoms with Crippen molar-refractivity contribution in [1.29, 1.82) is 0 Å². The second-order valence-electron chi connectivity index (χ2n) is 4.78. The first-order valence-electron chi connectivity index (χ1n) is 6.86. The minimum absolute atomic E-state index is 0.0338. The molecule has 5 nitrogen and oxygen atoms in total.